The Kier molecular flexibility index (Phi) is 5.22. The van der Waals surface area contributed by atoms with Gasteiger partial charge in [0.2, 0.25) is 0 Å². The van der Waals surface area contributed by atoms with Crippen molar-refractivity contribution < 1.29 is 9.72 Å². The van der Waals surface area contributed by atoms with Gasteiger partial charge >= 0.3 is 0 Å². The molecule has 7 heteroatoms. The summed E-state index contributed by atoms with van der Waals surface area (Å²) in [6.45, 7) is 0.476. The Morgan fingerprint density at radius 2 is 2.14 bits per heavy atom. The van der Waals surface area contributed by atoms with E-state index in [9.17, 15) is 14.9 Å². The summed E-state index contributed by atoms with van der Waals surface area (Å²) >= 11 is 5.83. The van der Waals surface area contributed by atoms with E-state index >= 15 is 0 Å². The first-order valence-electron chi connectivity index (χ1n) is 7.22. The van der Waals surface area contributed by atoms with Gasteiger partial charge in [-0.25, -0.2) is 0 Å². The van der Waals surface area contributed by atoms with E-state index in [-0.39, 0.29) is 17.6 Å². The number of aromatic nitrogens is 1. The lowest BCUT2D eigenvalue weighted by atomic mass is 9.94. The summed E-state index contributed by atoms with van der Waals surface area (Å²) in [6.07, 6.45) is 6.76. The van der Waals surface area contributed by atoms with Gasteiger partial charge in [-0.2, -0.15) is 0 Å². The first kappa shape index (κ1) is 15.8. The maximum atomic E-state index is 12.7. The van der Waals surface area contributed by atoms with Crippen molar-refractivity contribution in [2.75, 3.05) is 12.4 Å². The highest BCUT2D eigenvalue weighted by Crippen LogP contribution is 2.25. The molecule has 1 saturated carbocycles. The smallest absolute Gasteiger partial charge is 0.287 e. The largest absolute Gasteiger partial charge is 0.340 e. The second kappa shape index (κ2) is 6.93. The summed E-state index contributed by atoms with van der Waals surface area (Å²) in [5.74, 6) is 0.201. The van der Waals surface area contributed by atoms with Gasteiger partial charge in [-0.1, -0.05) is 19.3 Å². The van der Waals surface area contributed by atoms with E-state index in [1.54, 1.807) is 11.9 Å². The van der Waals surface area contributed by atoms with E-state index in [4.69, 9.17) is 11.6 Å². The van der Waals surface area contributed by atoms with Crippen LogP contribution in [0.15, 0.2) is 12.3 Å². The number of hydrogen-bond donors (Lipinski definition) is 0. The zero-order valence-corrected chi connectivity index (χ0v) is 12.9. The molecule has 0 aromatic carbocycles. The Labute approximate surface area is 128 Å². The van der Waals surface area contributed by atoms with Gasteiger partial charge in [0, 0.05) is 31.6 Å². The molecule has 116 valence electrons. The number of carbonyl (C=O) groups is 1. The van der Waals surface area contributed by atoms with Crippen molar-refractivity contribution in [3.05, 3.63) is 28.1 Å². The number of carbonyl (C=O) groups excluding carboxylic acids is 1. The van der Waals surface area contributed by atoms with Crippen LogP contribution in [-0.4, -0.2) is 38.8 Å². The van der Waals surface area contributed by atoms with Crippen molar-refractivity contribution in [2.45, 2.75) is 38.1 Å². The Balaban J connectivity index is 2.23. The van der Waals surface area contributed by atoms with Gasteiger partial charge in [-0.15, -0.1) is 11.6 Å². The van der Waals surface area contributed by atoms with Crippen LogP contribution in [0.4, 0.5) is 5.69 Å². The maximum absolute atomic E-state index is 12.7. The summed E-state index contributed by atoms with van der Waals surface area (Å²) in [7, 11) is 1.65. The summed E-state index contributed by atoms with van der Waals surface area (Å²) in [4.78, 5) is 24.8. The first-order valence-corrected chi connectivity index (χ1v) is 7.75. The molecule has 1 aromatic heterocycles. The van der Waals surface area contributed by atoms with Crippen molar-refractivity contribution in [1.82, 2.24) is 9.47 Å². The van der Waals surface area contributed by atoms with Gasteiger partial charge in [0.1, 0.15) is 5.69 Å². The zero-order chi connectivity index (χ0) is 15.4. The van der Waals surface area contributed by atoms with E-state index in [1.165, 1.54) is 23.3 Å². The topological polar surface area (TPSA) is 68.4 Å². The highest BCUT2D eigenvalue weighted by Gasteiger charge is 2.28. The molecule has 1 aliphatic carbocycles. The molecule has 0 bridgehead atoms. The van der Waals surface area contributed by atoms with E-state index in [1.807, 2.05) is 0 Å². The summed E-state index contributed by atoms with van der Waals surface area (Å²) in [6, 6.07) is 1.53. The number of amides is 1. The van der Waals surface area contributed by atoms with Crippen LogP contribution < -0.4 is 0 Å². The number of nitro groups is 1. The predicted octanol–water partition coefficient (Wildman–Crippen LogP) is 2.95. The molecule has 0 spiro atoms. The second-order valence-corrected chi connectivity index (χ2v) is 5.81. The SMILES string of the molecule is Cn1cc([N+](=O)[O-])cc1C(=O)N(CCCl)C1CCCCC1. The Hall–Kier alpha value is -1.56. The molecule has 0 aliphatic heterocycles. The van der Waals surface area contributed by atoms with Crippen LogP contribution in [0.2, 0.25) is 0 Å². The molecule has 21 heavy (non-hydrogen) atoms. The van der Waals surface area contributed by atoms with Crippen LogP contribution >= 0.6 is 11.6 Å². The number of alkyl halides is 1. The maximum Gasteiger partial charge on any atom is 0.287 e. The van der Waals surface area contributed by atoms with Crippen LogP contribution in [0.5, 0.6) is 0 Å². The van der Waals surface area contributed by atoms with E-state index in [2.05, 4.69) is 0 Å². The third kappa shape index (κ3) is 3.56. The molecule has 0 radical (unpaired) electrons. The standard InChI is InChI=1S/C14H20ClN3O3/c1-16-10-12(18(20)21)9-13(16)14(19)17(8-7-15)11-5-3-2-4-6-11/h9-11H,2-8H2,1H3. The van der Waals surface area contributed by atoms with E-state index in [0.29, 0.717) is 18.1 Å². The minimum atomic E-state index is -0.483. The predicted molar refractivity (Wildman–Crippen MR) is 80.7 cm³/mol. The van der Waals surface area contributed by atoms with E-state index in [0.717, 1.165) is 25.7 Å². The normalized spacial score (nSPS) is 15.9. The monoisotopic (exact) mass is 313 g/mol. The highest BCUT2D eigenvalue weighted by molar-refractivity contribution is 6.18. The third-order valence-electron chi connectivity index (χ3n) is 4.02. The Morgan fingerprint density at radius 1 is 1.48 bits per heavy atom. The van der Waals surface area contributed by atoms with Gasteiger partial charge in [0.15, 0.2) is 0 Å². The van der Waals surface area contributed by atoms with Crippen molar-refractivity contribution in [3.8, 4) is 0 Å². The average molecular weight is 314 g/mol. The van der Waals surface area contributed by atoms with Crippen molar-refractivity contribution in [3.63, 3.8) is 0 Å². The molecule has 0 unspecified atom stereocenters. The molecule has 2 rings (SSSR count). The molecule has 0 atom stereocenters. The molecular weight excluding hydrogens is 294 g/mol. The summed E-state index contributed by atoms with van der Waals surface area (Å²) < 4.78 is 1.52. The molecule has 0 saturated heterocycles. The lowest BCUT2D eigenvalue weighted by molar-refractivity contribution is -0.384. The zero-order valence-electron chi connectivity index (χ0n) is 12.1. The van der Waals surface area contributed by atoms with Crippen LogP contribution in [-0.2, 0) is 7.05 Å². The van der Waals surface area contributed by atoms with Crippen molar-refractivity contribution in [1.29, 1.82) is 0 Å². The first-order chi connectivity index (χ1) is 10.0. The lowest BCUT2D eigenvalue weighted by Gasteiger charge is -2.34. The van der Waals surface area contributed by atoms with Gasteiger partial charge < -0.3 is 9.47 Å². The number of halogens is 1. The van der Waals surface area contributed by atoms with Crippen molar-refractivity contribution in [2.24, 2.45) is 7.05 Å². The minimum absolute atomic E-state index is 0.0599. The Bertz CT molecular complexity index is 524. The highest BCUT2D eigenvalue weighted by atomic mass is 35.5. The second-order valence-electron chi connectivity index (χ2n) is 5.43. The minimum Gasteiger partial charge on any atom is -0.340 e. The van der Waals surface area contributed by atoms with Gasteiger partial charge in [0.05, 0.1) is 11.1 Å². The molecule has 1 aromatic rings. The van der Waals surface area contributed by atoms with Crippen molar-refractivity contribution >= 4 is 23.2 Å². The van der Waals surface area contributed by atoms with Gasteiger partial charge in [0.25, 0.3) is 11.6 Å². The number of hydrogen-bond acceptors (Lipinski definition) is 3. The molecule has 6 nitrogen and oxygen atoms in total. The quantitative estimate of drug-likeness (QED) is 0.477. The molecule has 1 heterocycles. The fraction of sp³-hybridized carbons (Fsp3) is 0.643. The molecule has 0 N–H and O–H groups in total. The van der Waals surface area contributed by atoms with Crippen LogP contribution in [0.25, 0.3) is 0 Å². The van der Waals surface area contributed by atoms with Crippen LogP contribution in [0.3, 0.4) is 0 Å². The molecule has 1 amide bonds. The fourth-order valence-corrected chi connectivity index (χ4v) is 3.12. The van der Waals surface area contributed by atoms with Gasteiger partial charge in [-0.05, 0) is 12.8 Å². The van der Waals surface area contributed by atoms with Crippen LogP contribution in [0, 0.1) is 10.1 Å². The number of aryl methyl sites for hydroxylation is 1. The summed E-state index contributed by atoms with van der Waals surface area (Å²) in [5.41, 5.74) is 0.285. The molecule has 1 aliphatic rings. The van der Waals surface area contributed by atoms with Gasteiger partial charge in [-0.3, -0.25) is 14.9 Å². The summed E-state index contributed by atoms with van der Waals surface area (Å²) in [5, 5.41) is 10.8. The van der Waals surface area contributed by atoms with Crippen LogP contribution in [0.1, 0.15) is 42.6 Å². The number of nitrogens with zero attached hydrogens (tertiary/aromatic N) is 3. The number of rotatable bonds is 5. The Morgan fingerprint density at radius 3 is 2.67 bits per heavy atom. The third-order valence-corrected chi connectivity index (χ3v) is 4.19. The average Bonchev–Trinajstić information content (AvgIpc) is 2.87. The molecular formula is C14H20ClN3O3. The fourth-order valence-electron chi connectivity index (χ4n) is 2.94. The molecule has 1 fully saturated rings. The van der Waals surface area contributed by atoms with E-state index < -0.39 is 4.92 Å². The lowest BCUT2D eigenvalue weighted by Crippen LogP contribution is -2.43.